The predicted molar refractivity (Wildman–Crippen MR) is 66.3 cm³/mol. The van der Waals surface area contributed by atoms with Gasteiger partial charge >= 0.3 is 5.97 Å². The van der Waals surface area contributed by atoms with Gasteiger partial charge in [0.2, 0.25) is 6.41 Å². The van der Waals surface area contributed by atoms with Crippen molar-refractivity contribution in [1.29, 1.82) is 0 Å². The zero-order chi connectivity index (χ0) is 13.0. The van der Waals surface area contributed by atoms with Gasteiger partial charge in [-0.2, -0.15) is 0 Å². The van der Waals surface area contributed by atoms with Gasteiger partial charge in [0.25, 0.3) is 0 Å². The molecular formula is C11H16N2O3S. The van der Waals surface area contributed by atoms with E-state index in [9.17, 15) is 14.7 Å². The molecule has 0 saturated heterocycles. The molecule has 0 aliphatic heterocycles. The van der Waals surface area contributed by atoms with Crippen LogP contribution in [-0.4, -0.2) is 28.5 Å². The molecule has 17 heavy (non-hydrogen) atoms. The number of anilines is 1. The average Bonchev–Trinajstić information content (AvgIpc) is 2.64. The molecule has 5 nitrogen and oxygen atoms in total. The molecule has 0 aliphatic rings. The minimum atomic E-state index is -0.987. The highest BCUT2D eigenvalue weighted by atomic mass is 32.1. The van der Waals surface area contributed by atoms with Gasteiger partial charge in [0.15, 0.2) is 0 Å². The summed E-state index contributed by atoms with van der Waals surface area (Å²) in [5.41, 5.74) is 2.28. The molecular weight excluding hydrogens is 240 g/mol. The normalized spacial score (nSPS) is 12.5. The van der Waals surface area contributed by atoms with Crippen molar-refractivity contribution < 1.29 is 14.7 Å². The minimum Gasteiger partial charge on any atom is -0.480 e. The molecule has 94 valence electrons. The lowest BCUT2D eigenvalue weighted by Gasteiger charge is -2.25. The maximum Gasteiger partial charge on any atom is 0.326 e. The van der Waals surface area contributed by atoms with Crippen molar-refractivity contribution >= 4 is 28.7 Å². The van der Waals surface area contributed by atoms with E-state index in [-0.39, 0.29) is 5.92 Å². The summed E-state index contributed by atoms with van der Waals surface area (Å²) in [5.74, 6) is -0.787. The number of carbonyl (C=O) groups excluding carboxylic acids is 1. The number of carbonyl (C=O) groups is 2. The minimum absolute atomic E-state index is 0.201. The Labute approximate surface area is 104 Å². The smallest absolute Gasteiger partial charge is 0.326 e. The second-order valence-electron chi connectivity index (χ2n) is 4.24. The maximum atomic E-state index is 11.2. The molecule has 0 spiro atoms. The van der Waals surface area contributed by atoms with E-state index < -0.39 is 12.0 Å². The highest BCUT2D eigenvalue weighted by molar-refractivity contribution is 7.14. The lowest BCUT2D eigenvalue weighted by Crippen LogP contribution is -2.41. The molecule has 0 radical (unpaired) electrons. The summed E-state index contributed by atoms with van der Waals surface area (Å²) in [5, 5.41) is 9.80. The van der Waals surface area contributed by atoms with Crippen LogP contribution >= 0.6 is 11.3 Å². The summed E-state index contributed by atoms with van der Waals surface area (Å²) < 4.78 is 0. The molecule has 1 atom stereocenters. The Morgan fingerprint density at radius 1 is 1.65 bits per heavy atom. The van der Waals surface area contributed by atoms with Crippen LogP contribution in [0.15, 0.2) is 5.51 Å². The number of amides is 1. The first-order valence-electron chi connectivity index (χ1n) is 5.33. The molecule has 1 aromatic rings. The molecule has 1 rings (SSSR count). The quantitative estimate of drug-likeness (QED) is 0.789. The number of carboxylic acid groups (broad SMARTS) is 1. The van der Waals surface area contributed by atoms with Gasteiger partial charge in [-0.15, -0.1) is 11.3 Å². The summed E-state index contributed by atoms with van der Waals surface area (Å²) >= 11 is 1.28. The first-order chi connectivity index (χ1) is 7.97. The second-order valence-corrected chi connectivity index (χ2v) is 5.07. The van der Waals surface area contributed by atoms with Gasteiger partial charge in [-0.25, -0.2) is 9.78 Å². The number of nitrogens with zero attached hydrogens (tertiary/aromatic N) is 2. The molecule has 1 unspecified atom stereocenters. The Balaban J connectivity index is 3.01. The van der Waals surface area contributed by atoms with Gasteiger partial charge in [-0.3, -0.25) is 9.69 Å². The molecule has 1 aromatic heterocycles. The van der Waals surface area contributed by atoms with Crippen molar-refractivity contribution in [3.63, 3.8) is 0 Å². The first kappa shape index (κ1) is 13.6. The maximum absolute atomic E-state index is 11.2. The fourth-order valence-corrected chi connectivity index (χ4v) is 2.41. The zero-order valence-electron chi connectivity index (χ0n) is 10.1. The van der Waals surface area contributed by atoms with E-state index in [1.807, 2.05) is 13.8 Å². The number of hydrogen-bond acceptors (Lipinski definition) is 4. The van der Waals surface area contributed by atoms with E-state index in [2.05, 4.69) is 4.98 Å². The number of hydrogen-bond donors (Lipinski definition) is 1. The Morgan fingerprint density at radius 3 is 2.65 bits per heavy atom. The SMILES string of the molecule is Cc1ncsc1N(C=O)C(CC(C)C)C(=O)O. The Hall–Kier alpha value is -1.43. The first-order valence-corrected chi connectivity index (χ1v) is 6.21. The number of rotatable bonds is 6. The van der Waals surface area contributed by atoms with Crippen LogP contribution in [0.2, 0.25) is 0 Å². The molecule has 0 fully saturated rings. The molecule has 1 amide bonds. The van der Waals surface area contributed by atoms with Gasteiger partial charge in [0, 0.05) is 0 Å². The van der Waals surface area contributed by atoms with Gasteiger partial charge < -0.3 is 5.11 Å². The van der Waals surface area contributed by atoms with Crippen molar-refractivity contribution in [3.8, 4) is 0 Å². The molecule has 0 bridgehead atoms. The van der Waals surface area contributed by atoms with Crippen LogP contribution in [0.25, 0.3) is 0 Å². The van der Waals surface area contributed by atoms with E-state index in [4.69, 9.17) is 0 Å². The third kappa shape index (κ3) is 3.26. The molecule has 1 N–H and O–H groups in total. The van der Waals surface area contributed by atoms with Crippen LogP contribution < -0.4 is 4.90 Å². The van der Waals surface area contributed by atoms with Gasteiger partial charge in [-0.1, -0.05) is 13.8 Å². The van der Waals surface area contributed by atoms with Gasteiger partial charge in [0.1, 0.15) is 11.0 Å². The van der Waals surface area contributed by atoms with E-state index in [1.54, 1.807) is 12.4 Å². The summed E-state index contributed by atoms with van der Waals surface area (Å²) in [6.45, 7) is 5.62. The third-order valence-corrected chi connectivity index (χ3v) is 3.32. The molecule has 0 aliphatic carbocycles. The van der Waals surface area contributed by atoms with Crippen molar-refractivity contribution in [1.82, 2.24) is 4.98 Å². The highest BCUT2D eigenvalue weighted by Crippen LogP contribution is 2.27. The van der Waals surface area contributed by atoms with Crippen LogP contribution in [0, 0.1) is 12.8 Å². The standard InChI is InChI=1S/C11H16N2O3S/c1-7(2)4-9(11(15)16)13(6-14)10-8(3)12-5-17-10/h5-7,9H,4H2,1-3H3,(H,15,16). The van der Waals surface area contributed by atoms with Crippen molar-refractivity contribution in [2.75, 3.05) is 4.90 Å². The fraction of sp³-hybridized carbons (Fsp3) is 0.545. The van der Waals surface area contributed by atoms with Crippen LogP contribution in [-0.2, 0) is 9.59 Å². The average molecular weight is 256 g/mol. The Kier molecular flexibility index (Phi) is 4.62. The van der Waals surface area contributed by atoms with E-state index in [1.165, 1.54) is 16.2 Å². The van der Waals surface area contributed by atoms with E-state index in [0.29, 0.717) is 23.5 Å². The lowest BCUT2D eigenvalue weighted by atomic mass is 10.0. The van der Waals surface area contributed by atoms with Crippen LogP contribution in [0.4, 0.5) is 5.00 Å². The summed E-state index contributed by atoms with van der Waals surface area (Å²) in [6.07, 6.45) is 0.993. The van der Waals surface area contributed by atoms with Crippen molar-refractivity contribution in [3.05, 3.63) is 11.2 Å². The predicted octanol–water partition coefficient (Wildman–Crippen LogP) is 1.91. The van der Waals surface area contributed by atoms with Crippen LogP contribution in [0.1, 0.15) is 26.0 Å². The van der Waals surface area contributed by atoms with Crippen molar-refractivity contribution in [2.24, 2.45) is 5.92 Å². The Bertz CT molecular complexity index is 403. The second kappa shape index (κ2) is 5.77. The summed E-state index contributed by atoms with van der Waals surface area (Å²) in [7, 11) is 0. The Morgan fingerprint density at radius 2 is 2.29 bits per heavy atom. The monoisotopic (exact) mass is 256 g/mol. The summed E-state index contributed by atoms with van der Waals surface area (Å²) in [6, 6.07) is -0.827. The van der Waals surface area contributed by atoms with Gasteiger partial charge in [0.05, 0.1) is 11.2 Å². The van der Waals surface area contributed by atoms with E-state index in [0.717, 1.165) is 0 Å². The summed E-state index contributed by atoms with van der Waals surface area (Å²) in [4.78, 5) is 27.6. The fourth-order valence-electron chi connectivity index (χ4n) is 1.59. The lowest BCUT2D eigenvalue weighted by molar-refractivity contribution is -0.139. The highest BCUT2D eigenvalue weighted by Gasteiger charge is 2.28. The zero-order valence-corrected chi connectivity index (χ0v) is 10.9. The topological polar surface area (TPSA) is 70.5 Å². The van der Waals surface area contributed by atoms with Gasteiger partial charge in [-0.05, 0) is 19.3 Å². The number of carboxylic acids is 1. The largest absolute Gasteiger partial charge is 0.480 e. The van der Waals surface area contributed by atoms with E-state index >= 15 is 0 Å². The third-order valence-electron chi connectivity index (χ3n) is 2.38. The number of aryl methyl sites for hydroxylation is 1. The van der Waals surface area contributed by atoms with Crippen molar-refractivity contribution in [2.45, 2.75) is 33.2 Å². The number of aromatic nitrogens is 1. The molecule has 0 saturated carbocycles. The number of thiazole rings is 1. The molecule has 1 heterocycles. The molecule has 6 heteroatoms. The molecule has 0 aromatic carbocycles. The van der Waals surface area contributed by atoms with Crippen LogP contribution in [0.3, 0.4) is 0 Å². The number of aliphatic carboxylic acids is 1. The van der Waals surface area contributed by atoms with Crippen LogP contribution in [0.5, 0.6) is 0 Å².